The molecule has 19 heavy (non-hydrogen) atoms. The number of benzene rings is 1. The molecule has 0 fully saturated rings. The van der Waals surface area contributed by atoms with Gasteiger partial charge in [0.1, 0.15) is 5.75 Å². The zero-order chi connectivity index (χ0) is 14.6. The van der Waals surface area contributed by atoms with E-state index < -0.39 is 12.1 Å². The van der Waals surface area contributed by atoms with Gasteiger partial charge in [0.05, 0.1) is 39.0 Å². The van der Waals surface area contributed by atoms with E-state index in [1.165, 1.54) is 27.4 Å². The SMILES string of the molecule is COC(=O)C(O)c1c(Cl)c(OC)cc(OC)c1OC. The minimum atomic E-state index is -1.60. The third kappa shape index (κ3) is 2.85. The van der Waals surface area contributed by atoms with Gasteiger partial charge in [-0.2, -0.15) is 0 Å². The van der Waals surface area contributed by atoms with Crippen LogP contribution in [0.1, 0.15) is 11.7 Å². The Labute approximate surface area is 115 Å². The molecular weight excluding hydrogens is 276 g/mol. The van der Waals surface area contributed by atoms with Crippen LogP contribution in [0.15, 0.2) is 6.07 Å². The lowest BCUT2D eigenvalue weighted by atomic mass is 10.1. The van der Waals surface area contributed by atoms with Crippen molar-refractivity contribution in [1.82, 2.24) is 0 Å². The summed E-state index contributed by atoms with van der Waals surface area (Å²) in [7, 11) is 5.35. The van der Waals surface area contributed by atoms with Crippen LogP contribution in [0, 0.1) is 0 Å². The molecular formula is C12H15ClO6. The van der Waals surface area contributed by atoms with Gasteiger partial charge in [0.2, 0.25) is 0 Å². The first-order valence-corrected chi connectivity index (χ1v) is 5.63. The molecule has 0 aliphatic rings. The molecule has 0 saturated carbocycles. The van der Waals surface area contributed by atoms with Crippen molar-refractivity contribution in [2.45, 2.75) is 6.10 Å². The fourth-order valence-corrected chi connectivity index (χ4v) is 1.92. The van der Waals surface area contributed by atoms with Crippen LogP contribution in [-0.2, 0) is 9.53 Å². The highest BCUT2D eigenvalue weighted by atomic mass is 35.5. The van der Waals surface area contributed by atoms with Crippen molar-refractivity contribution in [2.75, 3.05) is 28.4 Å². The summed E-state index contributed by atoms with van der Waals surface area (Å²) >= 11 is 6.09. The summed E-state index contributed by atoms with van der Waals surface area (Å²) in [5.41, 5.74) is 0.0345. The summed E-state index contributed by atoms with van der Waals surface area (Å²) in [4.78, 5) is 11.5. The fourth-order valence-electron chi connectivity index (χ4n) is 1.60. The molecule has 0 spiro atoms. The summed E-state index contributed by atoms with van der Waals surface area (Å²) in [5.74, 6) is -0.194. The molecule has 1 aromatic rings. The number of ether oxygens (including phenoxy) is 4. The van der Waals surface area contributed by atoms with Crippen molar-refractivity contribution < 1.29 is 28.8 Å². The fraction of sp³-hybridized carbons (Fsp3) is 0.417. The molecule has 7 heteroatoms. The minimum absolute atomic E-state index is 0.0345. The van der Waals surface area contributed by atoms with E-state index in [-0.39, 0.29) is 27.8 Å². The van der Waals surface area contributed by atoms with E-state index in [1.54, 1.807) is 0 Å². The Balaban J connectivity index is 3.53. The van der Waals surface area contributed by atoms with Crippen molar-refractivity contribution in [2.24, 2.45) is 0 Å². The smallest absolute Gasteiger partial charge is 0.339 e. The first-order chi connectivity index (χ1) is 9.01. The van der Waals surface area contributed by atoms with Gasteiger partial charge in [-0.1, -0.05) is 11.6 Å². The summed E-state index contributed by atoms with van der Waals surface area (Å²) in [6.45, 7) is 0. The lowest BCUT2D eigenvalue weighted by molar-refractivity contribution is -0.150. The topological polar surface area (TPSA) is 74.2 Å². The number of aliphatic hydroxyl groups excluding tert-OH is 1. The van der Waals surface area contributed by atoms with E-state index in [1.807, 2.05) is 0 Å². The monoisotopic (exact) mass is 290 g/mol. The molecule has 0 bridgehead atoms. The van der Waals surface area contributed by atoms with E-state index >= 15 is 0 Å². The van der Waals surface area contributed by atoms with Gasteiger partial charge in [-0.05, 0) is 0 Å². The van der Waals surface area contributed by atoms with E-state index in [9.17, 15) is 9.90 Å². The highest BCUT2D eigenvalue weighted by molar-refractivity contribution is 6.33. The maximum absolute atomic E-state index is 11.5. The molecule has 1 unspecified atom stereocenters. The average Bonchev–Trinajstić information content (AvgIpc) is 2.44. The summed E-state index contributed by atoms with van der Waals surface area (Å²) in [6.07, 6.45) is -1.60. The zero-order valence-corrected chi connectivity index (χ0v) is 11.8. The largest absolute Gasteiger partial charge is 0.495 e. The van der Waals surface area contributed by atoms with Gasteiger partial charge in [-0.25, -0.2) is 4.79 Å². The van der Waals surface area contributed by atoms with Crippen LogP contribution >= 0.6 is 11.6 Å². The number of aliphatic hydroxyl groups is 1. The average molecular weight is 291 g/mol. The molecule has 1 aromatic carbocycles. The van der Waals surface area contributed by atoms with Gasteiger partial charge in [-0.15, -0.1) is 0 Å². The standard InChI is InChI=1S/C12H15ClO6/c1-16-6-5-7(17-2)11(18-3)8(9(6)13)10(14)12(15)19-4/h5,10,14H,1-4H3. The van der Waals surface area contributed by atoms with E-state index in [0.717, 1.165) is 7.11 Å². The molecule has 0 heterocycles. The van der Waals surface area contributed by atoms with Crippen LogP contribution in [0.2, 0.25) is 5.02 Å². The number of carbonyl (C=O) groups is 1. The predicted molar refractivity (Wildman–Crippen MR) is 68.1 cm³/mol. The van der Waals surface area contributed by atoms with Gasteiger partial charge in [-0.3, -0.25) is 0 Å². The van der Waals surface area contributed by atoms with Gasteiger partial charge in [0.15, 0.2) is 17.6 Å². The van der Waals surface area contributed by atoms with Gasteiger partial charge in [0, 0.05) is 6.07 Å². The summed E-state index contributed by atoms with van der Waals surface area (Å²) in [6, 6.07) is 1.49. The van der Waals surface area contributed by atoms with Crippen LogP contribution in [0.5, 0.6) is 17.2 Å². The quantitative estimate of drug-likeness (QED) is 0.830. The number of carbonyl (C=O) groups excluding carboxylic acids is 1. The molecule has 0 saturated heterocycles. The molecule has 1 atom stereocenters. The maximum atomic E-state index is 11.5. The maximum Gasteiger partial charge on any atom is 0.339 e. The highest BCUT2D eigenvalue weighted by Gasteiger charge is 2.29. The van der Waals surface area contributed by atoms with Crippen LogP contribution in [0.3, 0.4) is 0 Å². The number of hydrogen-bond acceptors (Lipinski definition) is 6. The number of esters is 1. The van der Waals surface area contributed by atoms with E-state index in [2.05, 4.69) is 4.74 Å². The van der Waals surface area contributed by atoms with E-state index in [0.29, 0.717) is 0 Å². The molecule has 0 aliphatic carbocycles. The van der Waals surface area contributed by atoms with Crippen LogP contribution in [-0.4, -0.2) is 39.5 Å². The second-order valence-electron chi connectivity index (χ2n) is 3.47. The first-order valence-electron chi connectivity index (χ1n) is 5.26. The lowest BCUT2D eigenvalue weighted by Crippen LogP contribution is -2.15. The Morgan fingerprint density at radius 1 is 1.16 bits per heavy atom. The lowest BCUT2D eigenvalue weighted by Gasteiger charge is -2.19. The molecule has 0 aliphatic heterocycles. The van der Waals surface area contributed by atoms with Gasteiger partial charge >= 0.3 is 5.97 Å². The number of methoxy groups -OCH3 is 4. The molecule has 106 valence electrons. The number of hydrogen-bond donors (Lipinski definition) is 1. The number of rotatable bonds is 5. The second-order valence-corrected chi connectivity index (χ2v) is 3.85. The minimum Gasteiger partial charge on any atom is -0.495 e. The Morgan fingerprint density at radius 3 is 2.16 bits per heavy atom. The van der Waals surface area contributed by atoms with Crippen molar-refractivity contribution in [3.05, 3.63) is 16.7 Å². The zero-order valence-electron chi connectivity index (χ0n) is 11.0. The molecule has 0 amide bonds. The third-order valence-electron chi connectivity index (χ3n) is 2.53. The molecule has 0 radical (unpaired) electrons. The van der Waals surface area contributed by atoms with Crippen LogP contribution < -0.4 is 14.2 Å². The first kappa shape index (κ1) is 15.4. The van der Waals surface area contributed by atoms with Gasteiger partial charge in [0.25, 0.3) is 0 Å². The summed E-state index contributed by atoms with van der Waals surface area (Å²) < 4.78 is 19.8. The number of halogens is 1. The van der Waals surface area contributed by atoms with E-state index in [4.69, 9.17) is 25.8 Å². The Kier molecular flexibility index (Phi) is 5.26. The Bertz CT molecular complexity index is 474. The van der Waals surface area contributed by atoms with Crippen molar-refractivity contribution in [3.8, 4) is 17.2 Å². The van der Waals surface area contributed by atoms with Gasteiger partial charge < -0.3 is 24.1 Å². The Hall–Kier alpha value is -1.66. The highest BCUT2D eigenvalue weighted by Crippen LogP contribution is 2.45. The van der Waals surface area contributed by atoms with Crippen molar-refractivity contribution in [1.29, 1.82) is 0 Å². The molecule has 1 N–H and O–H groups in total. The van der Waals surface area contributed by atoms with Crippen LogP contribution in [0.25, 0.3) is 0 Å². The predicted octanol–water partition coefficient (Wildman–Crippen LogP) is 1.57. The van der Waals surface area contributed by atoms with Crippen molar-refractivity contribution >= 4 is 17.6 Å². The van der Waals surface area contributed by atoms with Crippen LogP contribution in [0.4, 0.5) is 0 Å². The summed E-state index contributed by atoms with van der Waals surface area (Å²) in [5, 5.41) is 10.0. The molecule has 1 rings (SSSR count). The second kappa shape index (κ2) is 6.49. The molecule has 6 nitrogen and oxygen atoms in total. The Morgan fingerprint density at radius 2 is 1.74 bits per heavy atom. The third-order valence-corrected chi connectivity index (χ3v) is 2.92. The van der Waals surface area contributed by atoms with Crippen molar-refractivity contribution in [3.63, 3.8) is 0 Å². The molecule has 0 aromatic heterocycles. The normalized spacial score (nSPS) is 11.7.